The average Bonchev–Trinajstić information content (AvgIpc) is 2.08. The van der Waals surface area contributed by atoms with Gasteiger partial charge in [0.05, 0.1) is 6.10 Å². The molecule has 1 heterocycles. The van der Waals surface area contributed by atoms with Gasteiger partial charge in [-0.3, -0.25) is 0 Å². The largest absolute Gasteiger partial charge is 0.388 e. The Bertz CT molecular complexity index is 150. The second-order valence-electron chi connectivity index (χ2n) is 3.01. The molecule has 3 N–H and O–H groups in total. The summed E-state index contributed by atoms with van der Waals surface area (Å²) in [5, 5.41) is 27.5. The van der Waals surface area contributed by atoms with Gasteiger partial charge in [0.1, 0.15) is 31.1 Å². The van der Waals surface area contributed by atoms with E-state index in [9.17, 15) is 14.6 Å². The fraction of sp³-hybridized carbons (Fsp3) is 1.00. The van der Waals surface area contributed by atoms with Crippen molar-refractivity contribution in [2.75, 3.05) is 6.67 Å². The molecule has 1 saturated heterocycles. The summed E-state index contributed by atoms with van der Waals surface area (Å²) in [6, 6.07) is 0. The molecule has 0 aromatic carbocycles. The number of alkyl halides is 1. The van der Waals surface area contributed by atoms with Gasteiger partial charge in [-0.15, -0.1) is 0 Å². The van der Waals surface area contributed by atoms with Crippen LogP contribution >= 0.6 is 0 Å². The molecule has 4 nitrogen and oxygen atoms in total. The lowest BCUT2D eigenvalue weighted by Gasteiger charge is -2.38. The molecule has 5 heteroatoms. The Morgan fingerprint density at radius 1 is 1.17 bits per heavy atom. The van der Waals surface area contributed by atoms with Crippen molar-refractivity contribution < 1.29 is 24.4 Å². The summed E-state index contributed by atoms with van der Waals surface area (Å²) in [5.41, 5.74) is 0. The van der Waals surface area contributed by atoms with Gasteiger partial charge >= 0.3 is 0 Å². The zero-order valence-corrected chi connectivity index (χ0v) is 6.72. The maximum absolute atomic E-state index is 12.1. The van der Waals surface area contributed by atoms with Gasteiger partial charge in [-0.05, 0) is 6.92 Å². The lowest BCUT2D eigenvalue weighted by molar-refractivity contribution is -0.219. The van der Waals surface area contributed by atoms with E-state index >= 15 is 0 Å². The first-order valence-corrected chi connectivity index (χ1v) is 3.83. The van der Waals surface area contributed by atoms with Crippen LogP contribution in [0.4, 0.5) is 4.39 Å². The molecule has 5 atom stereocenters. The number of rotatable bonds is 1. The predicted octanol–water partition coefficient (Wildman–Crippen LogP) is -1.17. The molecule has 0 aromatic heterocycles. The Kier molecular flexibility index (Phi) is 3.00. The van der Waals surface area contributed by atoms with Crippen LogP contribution in [0.15, 0.2) is 0 Å². The minimum atomic E-state index is -1.35. The minimum absolute atomic E-state index is 0.649. The predicted molar refractivity (Wildman–Crippen MR) is 38.3 cm³/mol. The number of ether oxygens (including phenoxy) is 1. The van der Waals surface area contributed by atoms with Gasteiger partial charge in [0.2, 0.25) is 0 Å². The first-order chi connectivity index (χ1) is 5.57. The monoisotopic (exact) mass is 180 g/mol. The van der Waals surface area contributed by atoms with Crippen molar-refractivity contribution in [3.8, 4) is 0 Å². The fourth-order valence-corrected chi connectivity index (χ4v) is 1.26. The Balaban J connectivity index is 2.63. The van der Waals surface area contributed by atoms with Crippen LogP contribution in [0.25, 0.3) is 0 Å². The highest BCUT2D eigenvalue weighted by atomic mass is 19.1. The van der Waals surface area contributed by atoms with Gasteiger partial charge in [0.25, 0.3) is 0 Å². The minimum Gasteiger partial charge on any atom is -0.388 e. The molecule has 0 spiro atoms. The topological polar surface area (TPSA) is 69.9 Å². The van der Waals surface area contributed by atoms with Gasteiger partial charge in [-0.2, -0.15) is 0 Å². The van der Waals surface area contributed by atoms with E-state index in [-0.39, 0.29) is 0 Å². The number of hydrogen-bond donors (Lipinski definition) is 3. The molecular formula is C7H13FO4. The third-order valence-corrected chi connectivity index (χ3v) is 2.10. The van der Waals surface area contributed by atoms with Crippen LogP contribution < -0.4 is 0 Å². The lowest BCUT2D eigenvalue weighted by Crippen LogP contribution is -2.57. The van der Waals surface area contributed by atoms with Crippen LogP contribution in [0.2, 0.25) is 0 Å². The summed E-state index contributed by atoms with van der Waals surface area (Å²) in [6.45, 7) is 0.651. The van der Waals surface area contributed by atoms with Gasteiger partial charge in [-0.25, -0.2) is 4.39 Å². The number of aliphatic hydroxyl groups is 3. The molecule has 1 aliphatic rings. The van der Waals surface area contributed by atoms with Crippen molar-refractivity contribution in [2.24, 2.45) is 0 Å². The number of hydrogen-bond acceptors (Lipinski definition) is 4. The zero-order chi connectivity index (χ0) is 9.30. The molecule has 12 heavy (non-hydrogen) atoms. The Labute approximate surface area is 69.6 Å². The second-order valence-corrected chi connectivity index (χ2v) is 3.01. The molecule has 0 saturated carbocycles. The van der Waals surface area contributed by atoms with Crippen LogP contribution in [0.3, 0.4) is 0 Å². The molecule has 0 aromatic rings. The number of halogens is 1. The SMILES string of the molecule is C[C@@H]1O[C@H](CF)[C@@H](O)[C@H](O)[C@H]1O. The molecule has 1 rings (SSSR count). The first kappa shape index (κ1) is 9.85. The van der Waals surface area contributed by atoms with E-state index in [2.05, 4.69) is 0 Å². The van der Waals surface area contributed by atoms with Crippen LogP contribution in [0, 0.1) is 0 Å². The molecule has 1 fully saturated rings. The summed E-state index contributed by atoms with van der Waals surface area (Å²) in [7, 11) is 0. The summed E-state index contributed by atoms with van der Waals surface area (Å²) in [6.07, 6.45) is -5.50. The lowest BCUT2D eigenvalue weighted by atomic mass is 9.96. The Hall–Kier alpha value is -0.230. The van der Waals surface area contributed by atoms with Gasteiger partial charge in [0.15, 0.2) is 0 Å². The van der Waals surface area contributed by atoms with Crippen molar-refractivity contribution >= 4 is 0 Å². The Morgan fingerprint density at radius 3 is 2.25 bits per heavy atom. The molecule has 1 aliphatic heterocycles. The molecule has 0 radical (unpaired) electrons. The quantitative estimate of drug-likeness (QED) is 0.475. The van der Waals surface area contributed by atoms with Crippen molar-refractivity contribution in [3.63, 3.8) is 0 Å². The summed E-state index contributed by atoms with van der Waals surface area (Å²) in [4.78, 5) is 0. The maximum atomic E-state index is 12.1. The highest BCUT2D eigenvalue weighted by molar-refractivity contribution is 4.90. The van der Waals surface area contributed by atoms with E-state index in [1.165, 1.54) is 6.92 Å². The molecule has 0 amide bonds. The smallest absolute Gasteiger partial charge is 0.118 e. The van der Waals surface area contributed by atoms with Crippen LogP contribution in [-0.4, -0.2) is 52.5 Å². The summed E-state index contributed by atoms with van der Waals surface area (Å²) >= 11 is 0. The van der Waals surface area contributed by atoms with E-state index in [4.69, 9.17) is 9.84 Å². The summed E-state index contributed by atoms with van der Waals surface area (Å²) in [5.74, 6) is 0. The van der Waals surface area contributed by atoms with Crippen molar-refractivity contribution in [1.82, 2.24) is 0 Å². The molecule has 0 unspecified atom stereocenters. The molecule has 0 bridgehead atoms. The van der Waals surface area contributed by atoms with Gasteiger partial charge < -0.3 is 20.1 Å². The van der Waals surface area contributed by atoms with E-state index in [1.54, 1.807) is 0 Å². The molecular weight excluding hydrogens is 167 g/mol. The third-order valence-electron chi connectivity index (χ3n) is 2.10. The maximum Gasteiger partial charge on any atom is 0.118 e. The van der Waals surface area contributed by atoms with Gasteiger partial charge in [-0.1, -0.05) is 0 Å². The van der Waals surface area contributed by atoms with E-state index in [1.807, 2.05) is 0 Å². The molecule has 0 aliphatic carbocycles. The van der Waals surface area contributed by atoms with E-state index < -0.39 is 37.2 Å². The van der Waals surface area contributed by atoms with Crippen molar-refractivity contribution in [1.29, 1.82) is 0 Å². The Morgan fingerprint density at radius 2 is 1.75 bits per heavy atom. The second kappa shape index (κ2) is 3.66. The third kappa shape index (κ3) is 1.59. The normalized spacial score (nSPS) is 49.2. The zero-order valence-electron chi connectivity index (χ0n) is 6.72. The average molecular weight is 180 g/mol. The highest BCUT2D eigenvalue weighted by Crippen LogP contribution is 2.20. The van der Waals surface area contributed by atoms with E-state index in [0.29, 0.717) is 0 Å². The van der Waals surface area contributed by atoms with Gasteiger partial charge in [0, 0.05) is 0 Å². The molecule has 72 valence electrons. The highest BCUT2D eigenvalue weighted by Gasteiger charge is 2.41. The fourth-order valence-electron chi connectivity index (χ4n) is 1.26. The van der Waals surface area contributed by atoms with Crippen LogP contribution in [0.5, 0.6) is 0 Å². The van der Waals surface area contributed by atoms with Crippen LogP contribution in [0.1, 0.15) is 6.92 Å². The first-order valence-electron chi connectivity index (χ1n) is 3.83. The standard InChI is InChI=1S/C7H13FO4/c1-3-5(9)7(11)6(10)4(2-8)12-3/h3-7,9-11H,2H2,1H3/t3-,4+,5-,6+,7+/m0/s1. The number of aliphatic hydroxyl groups excluding tert-OH is 3. The summed E-state index contributed by atoms with van der Waals surface area (Å²) < 4.78 is 17.0. The van der Waals surface area contributed by atoms with Crippen molar-refractivity contribution in [3.05, 3.63) is 0 Å². The van der Waals surface area contributed by atoms with Crippen LogP contribution in [-0.2, 0) is 4.74 Å². The van der Waals surface area contributed by atoms with E-state index in [0.717, 1.165) is 0 Å². The van der Waals surface area contributed by atoms with Crippen molar-refractivity contribution in [2.45, 2.75) is 37.4 Å².